The van der Waals surface area contributed by atoms with Crippen molar-refractivity contribution in [2.45, 2.75) is 13.5 Å². The summed E-state index contributed by atoms with van der Waals surface area (Å²) in [6.45, 7) is 2.38. The van der Waals surface area contributed by atoms with E-state index in [1.165, 1.54) is 0 Å². The molecule has 0 atom stereocenters. The highest BCUT2D eigenvalue weighted by Crippen LogP contribution is 2.27. The van der Waals surface area contributed by atoms with Crippen molar-refractivity contribution in [3.8, 4) is 5.75 Å². The Balaban J connectivity index is 2.81. The normalized spacial score (nSPS) is 9.75. The van der Waals surface area contributed by atoms with Gasteiger partial charge in [0.05, 0.1) is 12.1 Å². The highest BCUT2D eigenvalue weighted by Gasteiger charge is 2.06. The summed E-state index contributed by atoms with van der Waals surface area (Å²) in [4.78, 5) is 11.0. The van der Waals surface area contributed by atoms with Crippen molar-refractivity contribution in [3.05, 3.63) is 28.3 Å². The first-order valence-electron chi connectivity index (χ1n) is 4.87. The van der Waals surface area contributed by atoms with Gasteiger partial charge >= 0.3 is 6.03 Å². The van der Waals surface area contributed by atoms with E-state index < -0.39 is 0 Å². The lowest BCUT2D eigenvalue weighted by molar-refractivity contribution is 0.242. The first-order chi connectivity index (χ1) is 7.58. The average molecular weight is 243 g/mol. The van der Waals surface area contributed by atoms with E-state index in [1.807, 2.05) is 13.0 Å². The molecule has 2 N–H and O–H groups in total. The molecule has 4 nitrogen and oxygen atoms in total. The maximum atomic E-state index is 11.0. The van der Waals surface area contributed by atoms with Crippen molar-refractivity contribution in [3.63, 3.8) is 0 Å². The predicted octanol–water partition coefficient (Wildman–Crippen LogP) is 2.09. The molecular formula is C11H15ClN2O2. The summed E-state index contributed by atoms with van der Waals surface area (Å²) in [5, 5.41) is 5.73. The van der Waals surface area contributed by atoms with Gasteiger partial charge in [0.1, 0.15) is 5.75 Å². The van der Waals surface area contributed by atoms with Gasteiger partial charge in [-0.1, -0.05) is 11.6 Å². The first kappa shape index (κ1) is 12.6. The van der Waals surface area contributed by atoms with Crippen LogP contribution in [0, 0.1) is 6.92 Å². The van der Waals surface area contributed by atoms with E-state index in [4.69, 9.17) is 16.3 Å². The molecule has 0 aliphatic carbocycles. The van der Waals surface area contributed by atoms with E-state index in [0.717, 1.165) is 11.1 Å². The summed E-state index contributed by atoms with van der Waals surface area (Å²) >= 11 is 6.00. The Morgan fingerprint density at radius 1 is 1.50 bits per heavy atom. The predicted molar refractivity (Wildman–Crippen MR) is 64.0 cm³/mol. The number of amides is 2. The zero-order chi connectivity index (χ0) is 12.1. The molecule has 2 amide bonds. The van der Waals surface area contributed by atoms with Gasteiger partial charge in [-0.2, -0.15) is 0 Å². The number of hydrogen-bond acceptors (Lipinski definition) is 2. The van der Waals surface area contributed by atoms with Crippen LogP contribution in [0.4, 0.5) is 4.79 Å². The fourth-order valence-corrected chi connectivity index (χ4v) is 1.57. The Morgan fingerprint density at radius 2 is 2.19 bits per heavy atom. The number of rotatable bonds is 3. The maximum Gasteiger partial charge on any atom is 0.314 e. The number of halogens is 1. The number of hydrogen-bond donors (Lipinski definition) is 2. The van der Waals surface area contributed by atoms with E-state index in [9.17, 15) is 4.79 Å². The molecule has 0 heterocycles. The van der Waals surface area contributed by atoms with Crippen LogP contribution in [0.15, 0.2) is 12.1 Å². The van der Waals surface area contributed by atoms with Crippen molar-refractivity contribution < 1.29 is 9.53 Å². The third-order valence-electron chi connectivity index (χ3n) is 2.28. The average Bonchev–Trinajstić information content (AvgIpc) is 2.29. The van der Waals surface area contributed by atoms with Crippen LogP contribution >= 0.6 is 11.6 Å². The highest BCUT2D eigenvalue weighted by molar-refractivity contribution is 6.32. The van der Waals surface area contributed by atoms with E-state index in [1.54, 1.807) is 20.2 Å². The fraction of sp³-hybridized carbons (Fsp3) is 0.364. The highest BCUT2D eigenvalue weighted by atomic mass is 35.5. The van der Waals surface area contributed by atoms with Crippen molar-refractivity contribution in [2.24, 2.45) is 0 Å². The number of nitrogens with one attached hydrogen (secondary N) is 2. The van der Waals surface area contributed by atoms with E-state index >= 15 is 0 Å². The molecular weight excluding hydrogens is 228 g/mol. The van der Waals surface area contributed by atoms with Gasteiger partial charge in [0.2, 0.25) is 0 Å². The largest absolute Gasteiger partial charge is 0.495 e. The topological polar surface area (TPSA) is 50.4 Å². The SMILES string of the molecule is CNC(=O)NCc1cc(Cl)c(OC)cc1C. The van der Waals surface area contributed by atoms with Crippen molar-refractivity contribution in [2.75, 3.05) is 14.2 Å². The zero-order valence-corrected chi connectivity index (χ0v) is 10.3. The second kappa shape index (κ2) is 5.61. The van der Waals surface area contributed by atoms with Crippen LogP contribution in [0.2, 0.25) is 5.02 Å². The molecule has 0 saturated carbocycles. The minimum absolute atomic E-state index is 0.216. The van der Waals surface area contributed by atoms with E-state index in [2.05, 4.69) is 10.6 Å². The Hall–Kier alpha value is -1.42. The Kier molecular flexibility index (Phi) is 4.43. The van der Waals surface area contributed by atoms with Crippen LogP contribution in [0.1, 0.15) is 11.1 Å². The van der Waals surface area contributed by atoms with E-state index in [-0.39, 0.29) is 6.03 Å². The molecule has 88 valence electrons. The lowest BCUT2D eigenvalue weighted by atomic mass is 10.1. The number of ether oxygens (including phenoxy) is 1. The number of aryl methyl sites for hydroxylation is 1. The van der Waals surface area contributed by atoms with Crippen molar-refractivity contribution >= 4 is 17.6 Å². The number of methoxy groups -OCH3 is 1. The third kappa shape index (κ3) is 3.03. The van der Waals surface area contributed by atoms with Gasteiger partial charge in [-0.15, -0.1) is 0 Å². The monoisotopic (exact) mass is 242 g/mol. The van der Waals surface area contributed by atoms with Crippen molar-refractivity contribution in [1.82, 2.24) is 10.6 Å². The van der Waals surface area contributed by atoms with Crippen molar-refractivity contribution in [1.29, 1.82) is 0 Å². The molecule has 0 aliphatic heterocycles. The molecule has 1 rings (SSSR count). The minimum atomic E-state index is -0.216. The number of carbonyl (C=O) groups is 1. The molecule has 16 heavy (non-hydrogen) atoms. The van der Waals surface area contributed by atoms with Crippen LogP contribution in [0.3, 0.4) is 0 Å². The summed E-state index contributed by atoms with van der Waals surface area (Å²) in [5.41, 5.74) is 1.99. The molecule has 1 aromatic rings. The number of benzene rings is 1. The smallest absolute Gasteiger partial charge is 0.314 e. The van der Waals surface area contributed by atoms with Gasteiger partial charge in [0, 0.05) is 13.6 Å². The summed E-state index contributed by atoms with van der Waals surface area (Å²) in [6, 6.07) is 3.43. The van der Waals surface area contributed by atoms with Gasteiger partial charge < -0.3 is 15.4 Å². The fourth-order valence-electron chi connectivity index (χ4n) is 1.31. The quantitative estimate of drug-likeness (QED) is 0.853. The lowest BCUT2D eigenvalue weighted by Gasteiger charge is -2.11. The molecule has 0 spiro atoms. The molecule has 0 saturated heterocycles. The molecule has 5 heteroatoms. The Bertz CT molecular complexity index is 394. The van der Waals surface area contributed by atoms with Crippen LogP contribution < -0.4 is 15.4 Å². The Labute approximate surface area is 99.9 Å². The van der Waals surface area contributed by atoms with Crippen LogP contribution in [-0.2, 0) is 6.54 Å². The van der Waals surface area contributed by atoms with E-state index in [0.29, 0.717) is 17.3 Å². The molecule has 0 bridgehead atoms. The minimum Gasteiger partial charge on any atom is -0.495 e. The van der Waals surface area contributed by atoms with Gasteiger partial charge in [-0.3, -0.25) is 0 Å². The molecule has 1 aromatic carbocycles. The Morgan fingerprint density at radius 3 is 2.75 bits per heavy atom. The van der Waals surface area contributed by atoms with Crippen LogP contribution in [0.5, 0.6) is 5.75 Å². The van der Waals surface area contributed by atoms with Gasteiger partial charge in [0.15, 0.2) is 0 Å². The molecule has 0 fully saturated rings. The van der Waals surface area contributed by atoms with Crippen LogP contribution in [0.25, 0.3) is 0 Å². The molecule has 0 radical (unpaired) electrons. The van der Waals surface area contributed by atoms with Gasteiger partial charge in [-0.05, 0) is 30.2 Å². The second-order valence-corrected chi connectivity index (χ2v) is 3.75. The summed E-state index contributed by atoms with van der Waals surface area (Å²) < 4.78 is 5.10. The van der Waals surface area contributed by atoms with Gasteiger partial charge in [0.25, 0.3) is 0 Å². The third-order valence-corrected chi connectivity index (χ3v) is 2.57. The summed E-state index contributed by atoms with van der Waals surface area (Å²) in [6.07, 6.45) is 0. The molecule has 0 aliphatic rings. The maximum absolute atomic E-state index is 11.0. The van der Waals surface area contributed by atoms with Crippen LogP contribution in [-0.4, -0.2) is 20.2 Å². The second-order valence-electron chi connectivity index (χ2n) is 3.35. The standard InChI is InChI=1S/C11H15ClN2O2/c1-7-4-10(16-3)9(12)5-8(7)6-14-11(15)13-2/h4-5H,6H2,1-3H3,(H2,13,14,15). The molecule has 0 aromatic heterocycles. The molecule has 0 unspecified atom stereocenters. The first-order valence-corrected chi connectivity index (χ1v) is 5.25. The lowest BCUT2D eigenvalue weighted by Crippen LogP contribution is -2.32. The summed E-state index contributed by atoms with van der Waals surface area (Å²) in [5.74, 6) is 0.642. The van der Waals surface area contributed by atoms with Gasteiger partial charge in [-0.25, -0.2) is 4.79 Å². The number of carbonyl (C=O) groups excluding carboxylic acids is 1. The zero-order valence-electron chi connectivity index (χ0n) is 9.56. The number of urea groups is 1. The summed E-state index contributed by atoms with van der Waals surface area (Å²) in [7, 11) is 3.15.